The van der Waals surface area contributed by atoms with E-state index in [1.165, 1.54) is 16.9 Å². The largest absolute Gasteiger partial charge is 0.493 e. The van der Waals surface area contributed by atoms with Gasteiger partial charge in [-0.3, -0.25) is 4.90 Å². The molecule has 1 fully saturated rings. The van der Waals surface area contributed by atoms with Crippen molar-refractivity contribution in [1.29, 1.82) is 0 Å². The summed E-state index contributed by atoms with van der Waals surface area (Å²) in [4.78, 5) is 11.0. The summed E-state index contributed by atoms with van der Waals surface area (Å²) in [5.74, 6) is 9.01. The summed E-state index contributed by atoms with van der Waals surface area (Å²) >= 11 is 0. The number of para-hydroxylation sites is 1. The van der Waals surface area contributed by atoms with Crippen molar-refractivity contribution in [2.24, 2.45) is 0 Å². The predicted molar refractivity (Wildman–Crippen MR) is 152 cm³/mol. The second kappa shape index (κ2) is 11.7. The van der Waals surface area contributed by atoms with Gasteiger partial charge in [0.2, 0.25) is 10.0 Å². The Labute approximate surface area is 228 Å². The van der Waals surface area contributed by atoms with Gasteiger partial charge in [0.15, 0.2) is 11.5 Å². The van der Waals surface area contributed by atoms with Gasteiger partial charge in [0.05, 0.1) is 25.4 Å². The van der Waals surface area contributed by atoms with Gasteiger partial charge in [0.1, 0.15) is 17.9 Å². The smallest absolute Gasteiger partial charge is 0.211 e. The number of piperazine rings is 1. The van der Waals surface area contributed by atoms with Crippen LogP contribution >= 0.6 is 0 Å². The Morgan fingerprint density at radius 2 is 1.74 bits per heavy atom. The molecule has 1 aliphatic rings. The first-order chi connectivity index (χ1) is 18.9. The number of fused-ring (bicyclic) bond motifs is 1. The Morgan fingerprint density at radius 1 is 0.949 bits per heavy atom. The van der Waals surface area contributed by atoms with E-state index < -0.39 is 10.0 Å². The van der Waals surface area contributed by atoms with Crippen LogP contribution in [0.4, 0.5) is 11.5 Å². The highest BCUT2D eigenvalue weighted by atomic mass is 32.2. The molecule has 5 rings (SSSR count). The number of aromatic nitrogens is 2. The molecule has 1 aliphatic heterocycles. The van der Waals surface area contributed by atoms with E-state index in [0.29, 0.717) is 50.0 Å². The lowest BCUT2D eigenvalue weighted by atomic mass is 10.1. The number of sulfonamides is 1. The minimum Gasteiger partial charge on any atom is -0.493 e. The maximum absolute atomic E-state index is 11.7. The molecule has 1 N–H and O–H groups in total. The number of hydrogen-bond acceptors (Lipinski definition) is 8. The van der Waals surface area contributed by atoms with Crippen molar-refractivity contribution in [3.63, 3.8) is 0 Å². The third-order valence-corrected chi connectivity index (χ3v) is 7.67. The monoisotopic (exact) mass is 543 g/mol. The van der Waals surface area contributed by atoms with Gasteiger partial charge in [0, 0.05) is 48.9 Å². The maximum atomic E-state index is 11.7. The van der Waals surface area contributed by atoms with E-state index in [1.54, 1.807) is 7.11 Å². The average Bonchev–Trinajstić information content (AvgIpc) is 2.94. The van der Waals surface area contributed by atoms with Gasteiger partial charge in [-0.15, -0.1) is 0 Å². The lowest BCUT2D eigenvalue weighted by Crippen LogP contribution is -2.48. The SMILES string of the molecule is COc1cc(Nc2ncnc3ccc(C#CCN4CCN(S(C)(=O)=O)CC4)cc23)ccc1Oc1ccccc1. The third-order valence-electron chi connectivity index (χ3n) is 6.37. The van der Waals surface area contributed by atoms with Crippen LogP contribution < -0.4 is 14.8 Å². The first kappa shape index (κ1) is 26.4. The van der Waals surface area contributed by atoms with Crippen LogP contribution in [0.3, 0.4) is 0 Å². The van der Waals surface area contributed by atoms with Gasteiger partial charge < -0.3 is 14.8 Å². The molecule has 0 aliphatic carbocycles. The summed E-state index contributed by atoms with van der Waals surface area (Å²) in [5, 5.41) is 4.21. The normalized spacial score (nSPS) is 14.4. The Hall–Kier alpha value is -4.17. The van der Waals surface area contributed by atoms with Gasteiger partial charge in [0.25, 0.3) is 0 Å². The molecular weight excluding hydrogens is 514 g/mol. The zero-order valence-electron chi connectivity index (χ0n) is 21.8. The van der Waals surface area contributed by atoms with E-state index in [-0.39, 0.29) is 0 Å². The second-order valence-electron chi connectivity index (χ2n) is 9.10. The molecule has 10 heteroatoms. The minimum atomic E-state index is -3.14. The molecule has 0 radical (unpaired) electrons. The highest BCUT2D eigenvalue weighted by Gasteiger charge is 2.22. The fourth-order valence-corrected chi connectivity index (χ4v) is 5.12. The summed E-state index contributed by atoms with van der Waals surface area (Å²) in [5.41, 5.74) is 2.43. The number of methoxy groups -OCH3 is 1. The highest BCUT2D eigenvalue weighted by Crippen LogP contribution is 2.35. The van der Waals surface area contributed by atoms with Crippen LogP contribution in [0.1, 0.15) is 5.56 Å². The molecular formula is C29H29N5O4S. The second-order valence-corrected chi connectivity index (χ2v) is 11.1. The van der Waals surface area contributed by atoms with E-state index in [0.717, 1.165) is 27.9 Å². The summed E-state index contributed by atoms with van der Waals surface area (Å²) in [6, 6.07) is 21.0. The first-order valence-corrected chi connectivity index (χ1v) is 14.3. The minimum absolute atomic E-state index is 0.493. The molecule has 0 saturated carbocycles. The highest BCUT2D eigenvalue weighted by molar-refractivity contribution is 7.88. The van der Waals surface area contributed by atoms with Crippen molar-refractivity contribution in [2.45, 2.75) is 0 Å². The first-order valence-electron chi connectivity index (χ1n) is 12.5. The Kier molecular flexibility index (Phi) is 7.93. The zero-order valence-corrected chi connectivity index (χ0v) is 22.6. The number of ether oxygens (including phenoxy) is 2. The van der Waals surface area contributed by atoms with Crippen LogP contribution in [0.15, 0.2) is 73.1 Å². The van der Waals surface area contributed by atoms with E-state index in [9.17, 15) is 8.42 Å². The Morgan fingerprint density at radius 3 is 2.49 bits per heavy atom. The van der Waals surface area contributed by atoms with Crippen LogP contribution in [-0.4, -0.2) is 73.7 Å². The molecule has 0 spiro atoms. The Balaban J connectivity index is 1.30. The van der Waals surface area contributed by atoms with Crippen molar-refractivity contribution in [2.75, 3.05) is 51.4 Å². The molecule has 1 aromatic heterocycles. The topological polar surface area (TPSA) is 96.9 Å². The van der Waals surface area contributed by atoms with Gasteiger partial charge in [-0.25, -0.2) is 18.4 Å². The van der Waals surface area contributed by atoms with Crippen LogP contribution in [0.2, 0.25) is 0 Å². The lowest BCUT2D eigenvalue weighted by Gasteiger charge is -2.31. The van der Waals surface area contributed by atoms with Crippen LogP contribution in [0, 0.1) is 11.8 Å². The number of anilines is 2. The molecule has 0 amide bonds. The molecule has 9 nitrogen and oxygen atoms in total. The molecule has 1 saturated heterocycles. The molecule has 4 aromatic rings. The summed E-state index contributed by atoms with van der Waals surface area (Å²) < 4.78 is 36.5. The van der Waals surface area contributed by atoms with Crippen molar-refractivity contribution in [3.8, 4) is 29.1 Å². The molecule has 200 valence electrons. The van der Waals surface area contributed by atoms with Gasteiger partial charge >= 0.3 is 0 Å². The summed E-state index contributed by atoms with van der Waals surface area (Å²) in [6.45, 7) is 2.89. The fraction of sp³-hybridized carbons (Fsp3) is 0.241. The molecule has 39 heavy (non-hydrogen) atoms. The van der Waals surface area contributed by atoms with Crippen molar-refractivity contribution in [3.05, 3.63) is 78.6 Å². The van der Waals surface area contributed by atoms with E-state index in [4.69, 9.17) is 9.47 Å². The summed E-state index contributed by atoms with van der Waals surface area (Å²) in [6.07, 6.45) is 2.78. The quantitative estimate of drug-likeness (QED) is 0.348. The Bertz CT molecular complexity index is 1630. The maximum Gasteiger partial charge on any atom is 0.211 e. The van der Waals surface area contributed by atoms with Crippen LogP contribution in [0.25, 0.3) is 10.9 Å². The molecule has 0 atom stereocenters. The number of rotatable bonds is 7. The molecule has 3 aromatic carbocycles. The van der Waals surface area contributed by atoms with Crippen LogP contribution in [-0.2, 0) is 10.0 Å². The molecule has 0 unspecified atom stereocenters. The predicted octanol–water partition coefficient (Wildman–Crippen LogP) is 4.10. The van der Waals surface area contributed by atoms with E-state index in [2.05, 4.69) is 32.0 Å². The number of nitrogens with zero attached hydrogens (tertiary/aromatic N) is 4. The van der Waals surface area contributed by atoms with Gasteiger partial charge in [-0.1, -0.05) is 30.0 Å². The third kappa shape index (κ3) is 6.64. The van der Waals surface area contributed by atoms with Crippen molar-refractivity contribution < 1.29 is 17.9 Å². The fourth-order valence-electron chi connectivity index (χ4n) is 4.29. The number of nitrogens with one attached hydrogen (secondary N) is 1. The molecule has 0 bridgehead atoms. The zero-order chi connectivity index (χ0) is 27.2. The average molecular weight is 544 g/mol. The van der Waals surface area contributed by atoms with Gasteiger partial charge in [-0.05, 0) is 42.5 Å². The summed E-state index contributed by atoms with van der Waals surface area (Å²) in [7, 11) is -1.54. The lowest BCUT2D eigenvalue weighted by molar-refractivity contribution is 0.207. The van der Waals surface area contributed by atoms with Crippen molar-refractivity contribution in [1.82, 2.24) is 19.2 Å². The number of hydrogen-bond donors (Lipinski definition) is 1. The van der Waals surface area contributed by atoms with Crippen LogP contribution in [0.5, 0.6) is 17.2 Å². The van der Waals surface area contributed by atoms with E-state index >= 15 is 0 Å². The van der Waals surface area contributed by atoms with Gasteiger partial charge in [-0.2, -0.15) is 4.31 Å². The van der Waals surface area contributed by atoms with Crippen molar-refractivity contribution >= 4 is 32.4 Å². The number of benzene rings is 3. The molecule has 2 heterocycles. The van der Waals surface area contributed by atoms with E-state index in [1.807, 2.05) is 66.7 Å². The standard InChI is InChI=1S/C29H29N5O4S/c1-37-28-20-23(11-13-27(28)38-24-8-4-3-5-9-24)32-29-25-19-22(10-12-26(25)30-21-31-29)7-6-14-33-15-17-34(18-16-33)39(2,35)36/h3-5,8-13,19-21H,14-18H2,1-2H3,(H,30,31,32).